The first-order valence-corrected chi connectivity index (χ1v) is 11.9. The number of benzene rings is 3. The van der Waals surface area contributed by atoms with Crippen LogP contribution in [0.25, 0.3) is 0 Å². The number of fused-ring (bicyclic) bond motifs is 2. The number of nitrogens with one attached hydrogen (secondary N) is 2. The van der Waals surface area contributed by atoms with E-state index in [1.165, 1.54) is 23.1 Å². The van der Waals surface area contributed by atoms with E-state index in [0.717, 1.165) is 25.2 Å². The Morgan fingerprint density at radius 1 is 1.03 bits per heavy atom. The highest BCUT2D eigenvalue weighted by atomic mass is 32.2. The SMILES string of the molecule is O=C(NCc1cnc(Cc2ccc(O)cc2)s1)c1ccc2c(c1)NC(=O)c1ccccc1S2. The summed E-state index contributed by atoms with van der Waals surface area (Å²) in [6.07, 6.45) is 2.44. The van der Waals surface area contributed by atoms with Crippen LogP contribution in [0.1, 0.15) is 36.2 Å². The quantitative estimate of drug-likeness (QED) is 0.376. The van der Waals surface area contributed by atoms with E-state index in [4.69, 9.17) is 0 Å². The first-order chi connectivity index (χ1) is 16.0. The number of rotatable bonds is 5. The molecule has 2 amide bonds. The minimum Gasteiger partial charge on any atom is -0.508 e. The standard InChI is InChI=1S/C25H19N3O3S2/c29-17-8-5-15(6-9-17)11-23-26-13-18(32-23)14-27-24(30)16-7-10-22-20(12-16)28-25(31)19-3-1-2-4-21(19)33-22/h1-10,12-13,29H,11,14H2,(H,27,30)(H,28,31). The van der Waals surface area contributed by atoms with Gasteiger partial charge in [0.2, 0.25) is 0 Å². The molecule has 0 spiro atoms. The number of hydrogen-bond donors (Lipinski definition) is 3. The normalized spacial score (nSPS) is 12.3. The molecule has 0 aliphatic carbocycles. The predicted octanol–water partition coefficient (Wildman–Crippen LogP) is 5.09. The smallest absolute Gasteiger partial charge is 0.256 e. The van der Waals surface area contributed by atoms with Gasteiger partial charge in [-0.1, -0.05) is 36.0 Å². The average Bonchev–Trinajstić information content (AvgIpc) is 3.21. The number of amides is 2. The number of thiazole rings is 1. The van der Waals surface area contributed by atoms with Crippen LogP contribution in [-0.2, 0) is 13.0 Å². The minimum atomic E-state index is -0.215. The Morgan fingerprint density at radius 3 is 2.70 bits per heavy atom. The molecule has 0 fully saturated rings. The highest BCUT2D eigenvalue weighted by molar-refractivity contribution is 7.99. The predicted molar refractivity (Wildman–Crippen MR) is 129 cm³/mol. The molecule has 0 bridgehead atoms. The number of nitrogens with zero attached hydrogens (tertiary/aromatic N) is 1. The van der Waals surface area contributed by atoms with E-state index in [9.17, 15) is 14.7 Å². The lowest BCUT2D eigenvalue weighted by Crippen LogP contribution is -2.22. The van der Waals surface area contributed by atoms with Gasteiger partial charge in [0.1, 0.15) is 5.75 Å². The molecule has 3 N–H and O–H groups in total. The lowest BCUT2D eigenvalue weighted by atomic mass is 10.1. The number of phenols is 1. The zero-order valence-corrected chi connectivity index (χ0v) is 19.0. The second kappa shape index (κ2) is 9.09. The summed E-state index contributed by atoms with van der Waals surface area (Å²) in [5, 5.41) is 16.2. The molecule has 1 aliphatic rings. The van der Waals surface area contributed by atoms with Crippen molar-refractivity contribution in [3.8, 4) is 5.75 Å². The number of phenolic OH excluding ortho intramolecular Hbond substituents is 1. The molecule has 0 saturated carbocycles. The largest absolute Gasteiger partial charge is 0.508 e. The zero-order valence-electron chi connectivity index (χ0n) is 17.4. The molecule has 6 nitrogen and oxygen atoms in total. The van der Waals surface area contributed by atoms with Gasteiger partial charge in [-0.25, -0.2) is 4.98 Å². The fraction of sp³-hybridized carbons (Fsp3) is 0.0800. The number of aromatic nitrogens is 1. The van der Waals surface area contributed by atoms with Crippen LogP contribution in [0, 0.1) is 0 Å². The fourth-order valence-electron chi connectivity index (χ4n) is 3.48. The molecule has 0 radical (unpaired) electrons. The van der Waals surface area contributed by atoms with Gasteiger partial charge in [-0.2, -0.15) is 0 Å². The highest BCUT2D eigenvalue weighted by Crippen LogP contribution is 2.39. The van der Waals surface area contributed by atoms with E-state index >= 15 is 0 Å². The maximum absolute atomic E-state index is 12.7. The van der Waals surface area contributed by atoms with Crippen LogP contribution in [0.3, 0.4) is 0 Å². The summed E-state index contributed by atoms with van der Waals surface area (Å²) < 4.78 is 0. The van der Waals surface area contributed by atoms with Gasteiger partial charge in [0, 0.05) is 32.8 Å². The van der Waals surface area contributed by atoms with Gasteiger partial charge in [0.15, 0.2) is 0 Å². The molecule has 0 atom stereocenters. The van der Waals surface area contributed by atoms with Gasteiger partial charge in [-0.15, -0.1) is 11.3 Å². The second-order valence-electron chi connectivity index (χ2n) is 7.51. The summed E-state index contributed by atoms with van der Waals surface area (Å²) in [6, 6.07) is 19.8. The first-order valence-electron chi connectivity index (χ1n) is 10.3. The summed E-state index contributed by atoms with van der Waals surface area (Å²) in [5.74, 6) is -0.158. The second-order valence-corrected chi connectivity index (χ2v) is 9.79. The van der Waals surface area contributed by atoms with Crippen LogP contribution < -0.4 is 10.6 Å². The van der Waals surface area contributed by atoms with Crippen molar-refractivity contribution in [3.63, 3.8) is 0 Å². The number of aromatic hydroxyl groups is 1. The highest BCUT2D eigenvalue weighted by Gasteiger charge is 2.20. The third-order valence-electron chi connectivity index (χ3n) is 5.16. The number of anilines is 1. The van der Waals surface area contributed by atoms with Crippen molar-refractivity contribution in [3.05, 3.63) is 99.5 Å². The van der Waals surface area contributed by atoms with Gasteiger partial charge in [0.05, 0.1) is 22.8 Å². The molecule has 2 heterocycles. The van der Waals surface area contributed by atoms with E-state index < -0.39 is 0 Å². The molecule has 4 aromatic rings. The third-order valence-corrected chi connectivity index (χ3v) is 7.31. The molecular weight excluding hydrogens is 454 g/mol. The lowest BCUT2D eigenvalue weighted by molar-refractivity contribution is 0.0949. The summed E-state index contributed by atoms with van der Waals surface area (Å²) >= 11 is 3.05. The number of hydrogen-bond acceptors (Lipinski definition) is 6. The molecule has 0 saturated heterocycles. The minimum absolute atomic E-state index is 0.180. The molecule has 1 aliphatic heterocycles. The Hall–Kier alpha value is -3.62. The van der Waals surface area contributed by atoms with E-state index in [1.807, 2.05) is 36.4 Å². The fourth-order valence-corrected chi connectivity index (χ4v) is 5.39. The monoisotopic (exact) mass is 473 g/mol. The van der Waals surface area contributed by atoms with E-state index in [1.54, 1.807) is 36.5 Å². The van der Waals surface area contributed by atoms with Crippen LogP contribution in [0.2, 0.25) is 0 Å². The zero-order chi connectivity index (χ0) is 22.8. The Labute approximate surface area is 198 Å². The van der Waals surface area contributed by atoms with Crippen molar-refractivity contribution < 1.29 is 14.7 Å². The number of carbonyl (C=O) groups excluding carboxylic acids is 2. The van der Waals surface area contributed by atoms with E-state index in [-0.39, 0.29) is 17.6 Å². The molecule has 33 heavy (non-hydrogen) atoms. The van der Waals surface area contributed by atoms with Gasteiger partial charge < -0.3 is 15.7 Å². The molecular formula is C25H19N3O3S2. The molecule has 1 aromatic heterocycles. The summed E-state index contributed by atoms with van der Waals surface area (Å²) in [6.45, 7) is 0.371. The van der Waals surface area contributed by atoms with E-state index in [0.29, 0.717) is 29.8 Å². The number of carbonyl (C=O) groups is 2. The lowest BCUT2D eigenvalue weighted by Gasteiger charge is -2.09. The maximum Gasteiger partial charge on any atom is 0.256 e. The molecule has 0 unspecified atom stereocenters. The summed E-state index contributed by atoms with van der Waals surface area (Å²) in [7, 11) is 0. The van der Waals surface area contributed by atoms with Crippen molar-refractivity contribution in [1.29, 1.82) is 0 Å². The molecule has 8 heteroatoms. The Bertz CT molecular complexity index is 1350. The van der Waals surface area contributed by atoms with Crippen molar-refractivity contribution in [2.24, 2.45) is 0 Å². The molecule has 164 valence electrons. The van der Waals surface area contributed by atoms with Gasteiger partial charge in [-0.3, -0.25) is 9.59 Å². The van der Waals surface area contributed by atoms with Crippen LogP contribution >= 0.6 is 23.1 Å². The van der Waals surface area contributed by atoms with Crippen LogP contribution in [0.4, 0.5) is 5.69 Å². The van der Waals surface area contributed by atoms with Crippen molar-refractivity contribution >= 4 is 40.6 Å². The topological polar surface area (TPSA) is 91.3 Å². The average molecular weight is 474 g/mol. The van der Waals surface area contributed by atoms with Crippen molar-refractivity contribution in [2.45, 2.75) is 22.8 Å². The van der Waals surface area contributed by atoms with Gasteiger partial charge in [0.25, 0.3) is 11.8 Å². The van der Waals surface area contributed by atoms with Crippen molar-refractivity contribution in [2.75, 3.05) is 5.32 Å². The van der Waals surface area contributed by atoms with Gasteiger partial charge in [-0.05, 0) is 48.0 Å². The van der Waals surface area contributed by atoms with Crippen molar-refractivity contribution in [1.82, 2.24) is 10.3 Å². The van der Waals surface area contributed by atoms with Crippen LogP contribution in [0.5, 0.6) is 5.75 Å². The Kier molecular flexibility index (Phi) is 5.85. The molecule has 5 rings (SSSR count). The maximum atomic E-state index is 12.7. The summed E-state index contributed by atoms with van der Waals surface area (Å²) in [5.41, 5.74) is 2.79. The Balaban J connectivity index is 1.24. The first kappa shape index (κ1) is 21.2. The van der Waals surface area contributed by atoms with E-state index in [2.05, 4.69) is 15.6 Å². The summed E-state index contributed by atoms with van der Waals surface area (Å²) in [4.78, 5) is 32.5. The van der Waals surface area contributed by atoms with Crippen LogP contribution in [-0.4, -0.2) is 21.9 Å². The third kappa shape index (κ3) is 4.76. The van der Waals surface area contributed by atoms with Crippen LogP contribution in [0.15, 0.2) is 82.7 Å². The Morgan fingerprint density at radius 2 is 1.85 bits per heavy atom. The molecule has 3 aromatic carbocycles. The van der Waals surface area contributed by atoms with Gasteiger partial charge >= 0.3 is 0 Å².